The molecule has 19 heavy (non-hydrogen) atoms. The van der Waals surface area contributed by atoms with Gasteiger partial charge in [0.2, 0.25) is 0 Å². The fourth-order valence-electron chi connectivity index (χ4n) is 1.54. The summed E-state index contributed by atoms with van der Waals surface area (Å²) in [5, 5.41) is 1.70. The van der Waals surface area contributed by atoms with E-state index in [1.165, 1.54) is 26.0 Å². The van der Waals surface area contributed by atoms with E-state index in [1.807, 2.05) is 0 Å². The second-order valence-electron chi connectivity index (χ2n) is 4.15. The number of rotatable bonds is 4. The Kier molecular flexibility index (Phi) is 4.49. The number of hydrogen-bond donors (Lipinski definition) is 1. The van der Waals surface area contributed by atoms with Gasteiger partial charge in [0.05, 0.1) is 0 Å². The highest BCUT2D eigenvalue weighted by Gasteiger charge is 2.48. The van der Waals surface area contributed by atoms with E-state index in [9.17, 15) is 26.7 Å². The zero-order valence-electron chi connectivity index (χ0n) is 10.2. The Bertz CT molecular complexity index is 464. The molecule has 0 aliphatic rings. The molecule has 0 saturated heterocycles. The molecule has 1 rings (SSSR count). The molecule has 0 radical (unpaired) electrons. The lowest BCUT2D eigenvalue weighted by molar-refractivity contribution is -0.169. The molecule has 1 amide bonds. The van der Waals surface area contributed by atoms with Gasteiger partial charge in [-0.05, 0) is 30.5 Å². The largest absolute Gasteiger partial charge is 0.383 e. The Hall–Kier alpha value is -1.66. The van der Waals surface area contributed by atoms with Crippen LogP contribution in [0.4, 0.5) is 22.0 Å². The van der Waals surface area contributed by atoms with Crippen molar-refractivity contribution in [1.82, 2.24) is 5.32 Å². The molecule has 0 atom stereocenters. The molecule has 106 valence electrons. The fraction of sp³-hybridized carbons (Fsp3) is 0.417. The number of carbonyl (C=O) groups excluding carboxylic acids is 1. The first-order valence-electron chi connectivity index (χ1n) is 5.36. The smallest absolute Gasteiger partial charge is 0.347 e. The third kappa shape index (κ3) is 3.42. The summed E-state index contributed by atoms with van der Waals surface area (Å²) in [5.74, 6) is -7.22. The molecule has 0 saturated carbocycles. The van der Waals surface area contributed by atoms with Crippen LogP contribution in [-0.4, -0.2) is 18.3 Å². The summed E-state index contributed by atoms with van der Waals surface area (Å²) in [6.07, 6.45) is -4.07. The van der Waals surface area contributed by atoms with E-state index in [2.05, 4.69) is 0 Å². The maximum atomic E-state index is 13.3. The predicted molar refractivity (Wildman–Crippen MR) is 58.7 cm³/mol. The third-order valence-electron chi connectivity index (χ3n) is 2.53. The van der Waals surface area contributed by atoms with Crippen molar-refractivity contribution >= 4 is 5.91 Å². The van der Waals surface area contributed by atoms with Gasteiger partial charge in [0.25, 0.3) is 5.91 Å². The normalized spacial score (nSPS) is 11.8. The molecule has 0 aromatic heterocycles. The Morgan fingerprint density at radius 3 is 2.16 bits per heavy atom. The first-order valence-corrected chi connectivity index (χ1v) is 5.36. The van der Waals surface area contributed by atoms with Crippen molar-refractivity contribution in [3.05, 3.63) is 34.6 Å². The van der Waals surface area contributed by atoms with Gasteiger partial charge in [-0.15, -0.1) is 0 Å². The van der Waals surface area contributed by atoms with Crippen LogP contribution in [-0.2, 0) is 11.3 Å². The molecular weight excluding hydrogens is 269 g/mol. The number of benzene rings is 1. The number of amides is 1. The number of nitrogens with one attached hydrogen (secondary N) is 1. The maximum Gasteiger partial charge on any atom is 0.383 e. The van der Waals surface area contributed by atoms with Gasteiger partial charge in [-0.3, -0.25) is 4.79 Å². The highest BCUT2D eigenvalue weighted by atomic mass is 19.3. The van der Waals surface area contributed by atoms with Crippen LogP contribution in [0, 0.1) is 19.7 Å². The van der Waals surface area contributed by atoms with E-state index in [4.69, 9.17) is 0 Å². The van der Waals surface area contributed by atoms with Crippen LogP contribution >= 0.6 is 0 Å². The lowest BCUT2D eigenvalue weighted by Gasteiger charge is -2.15. The Balaban J connectivity index is 2.76. The van der Waals surface area contributed by atoms with E-state index in [-0.39, 0.29) is 17.7 Å². The molecule has 0 bridgehead atoms. The first-order chi connectivity index (χ1) is 8.66. The quantitative estimate of drug-likeness (QED) is 0.845. The summed E-state index contributed by atoms with van der Waals surface area (Å²) in [7, 11) is 0. The Labute approximate surface area is 106 Å². The molecule has 1 N–H and O–H groups in total. The molecule has 0 aliphatic carbocycles. The average Bonchev–Trinajstić information content (AvgIpc) is 2.32. The summed E-state index contributed by atoms with van der Waals surface area (Å²) < 4.78 is 62.4. The zero-order valence-corrected chi connectivity index (χ0v) is 10.2. The van der Waals surface area contributed by atoms with Crippen molar-refractivity contribution < 1.29 is 26.7 Å². The lowest BCUT2D eigenvalue weighted by atomic mass is 10.1. The Morgan fingerprint density at radius 1 is 1.26 bits per heavy atom. The number of aryl methyl sites for hydroxylation is 2. The predicted octanol–water partition coefficient (Wildman–Crippen LogP) is 2.96. The SMILES string of the molecule is Cc1cc(CNC(=O)C(F)(F)C(F)F)cc(C)c1F. The van der Waals surface area contributed by atoms with Crippen molar-refractivity contribution in [2.24, 2.45) is 0 Å². The van der Waals surface area contributed by atoms with E-state index < -0.39 is 24.1 Å². The summed E-state index contributed by atoms with van der Waals surface area (Å²) in [6, 6.07) is 2.70. The molecule has 0 heterocycles. The number of hydrogen-bond acceptors (Lipinski definition) is 1. The van der Waals surface area contributed by atoms with E-state index in [1.54, 1.807) is 5.32 Å². The van der Waals surface area contributed by atoms with Crippen molar-refractivity contribution in [3.63, 3.8) is 0 Å². The van der Waals surface area contributed by atoms with Gasteiger partial charge in [-0.2, -0.15) is 8.78 Å². The molecule has 0 fully saturated rings. The van der Waals surface area contributed by atoms with Crippen LogP contribution in [0.1, 0.15) is 16.7 Å². The monoisotopic (exact) mass is 281 g/mol. The van der Waals surface area contributed by atoms with E-state index >= 15 is 0 Å². The lowest BCUT2D eigenvalue weighted by Crippen LogP contribution is -2.44. The highest BCUT2D eigenvalue weighted by Crippen LogP contribution is 2.23. The Morgan fingerprint density at radius 2 is 1.74 bits per heavy atom. The zero-order chi connectivity index (χ0) is 14.8. The minimum absolute atomic E-state index is 0.282. The number of carbonyl (C=O) groups is 1. The van der Waals surface area contributed by atoms with Gasteiger partial charge >= 0.3 is 12.3 Å². The van der Waals surface area contributed by atoms with Gasteiger partial charge in [0.1, 0.15) is 5.82 Å². The first kappa shape index (κ1) is 15.4. The van der Waals surface area contributed by atoms with Crippen LogP contribution < -0.4 is 5.32 Å². The summed E-state index contributed by atoms with van der Waals surface area (Å²) >= 11 is 0. The van der Waals surface area contributed by atoms with Crippen molar-refractivity contribution in [2.45, 2.75) is 32.7 Å². The van der Waals surface area contributed by atoms with Crippen LogP contribution in [0.25, 0.3) is 0 Å². The van der Waals surface area contributed by atoms with Crippen molar-refractivity contribution in [1.29, 1.82) is 0 Å². The molecule has 1 aromatic rings. The molecular formula is C12H12F5NO. The van der Waals surface area contributed by atoms with Crippen LogP contribution in [0.3, 0.4) is 0 Å². The molecule has 0 unspecified atom stereocenters. The summed E-state index contributed by atoms with van der Waals surface area (Å²) in [4.78, 5) is 10.9. The third-order valence-corrected chi connectivity index (χ3v) is 2.53. The van der Waals surface area contributed by atoms with E-state index in [0.717, 1.165) is 0 Å². The molecule has 2 nitrogen and oxygen atoms in total. The number of halogens is 5. The van der Waals surface area contributed by atoms with Gasteiger partial charge < -0.3 is 5.32 Å². The average molecular weight is 281 g/mol. The fourth-order valence-corrected chi connectivity index (χ4v) is 1.54. The summed E-state index contributed by atoms with van der Waals surface area (Å²) in [5.41, 5.74) is 0.921. The molecule has 1 aromatic carbocycles. The molecule has 7 heteroatoms. The minimum Gasteiger partial charge on any atom is -0.347 e. The minimum atomic E-state index is -4.73. The van der Waals surface area contributed by atoms with Crippen LogP contribution in [0.5, 0.6) is 0 Å². The molecule has 0 spiro atoms. The molecule has 0 aliphatic heterocycles. The van der Waals surface area contributed by atoms with Gasteiger partial charge in [0.15, 0.2) is 0 Å². The van der Waals surface area contributed by atoms with Gasteiger partial charge in [0, 0.05) is 6.54 Å². The number of alkyl halides is 4. The maximum absolute atomic E-state index is 13.3. The van der Waals surface area contributed by atoms with Gasteiger partial charge in [-0.25, -0.2) is 13.2 Å². The van der Waals surface area contributed by atoms with Crippen molar-refractivity contribution in [2.75, 3.05) is 0 Å². The van der Waals surface area contributed by atoms with Gasteiger partial charge in [-0.1, -0.05) is 12.1 Å². The van der Waals surface area contributed by atoms with Crippen LogP contribution in [0.2, 0.25) is 0 Å². The topological polar surface area (TPSA) is 29.1 Å². The second-order valence-corrected chi connectivity index (χ2v) is 4.15. The van der Waals surface area contributed by atoms with Crippen LogP contribution in [0.15, 0.2) is 12.1 Å². The van der Waals surface area contributed by atoms with Crippen molar-refractivity contribution in [3.8, 4) is 0 Å². The highest BCUT2D eigenvalue weighted by molar-refractivity contribution is 5.83. The standard InChI is InChI=1S/C12H12F5NO/c1-6-3-8(4-7(2)9(6)13)5-18-11(19)12(16,17)10(14)15/h3-4,10H,5H2,1-2H3,(H,18,19). The second kappa shape index (κ2) is 5.54. The summed E-state index contributed by atoms with van der Waals surface area (Å²) in [6.45, 7) is 2.58. The van der Waals surface area contributed by atoms with E-state index in [0.29, 0.717) is 5.56 Å².